The van der Waals surface area contributed by atoms with Gasteiger partial charge in [0.05, 0.1) is 17.6 Å². The molecule has 2 amide bonds. The van der Waals surface area contributed by atoms with Crippen LogP contribution in [0.2, 0.25) is 0 Å². The summed E-state index contributed by atoms with van der Waals surface area (Å²) in [5, 5.41) is 5.17. The van der Waals surface area contributed by atoms with E-state index in [2.05, 4.69) is 10.6 Å². The molecule has 0 heterocycles. The quantitative estimate of drug-likeness (QED) is 0.884. The van der Waals surface area contributed by atoms with Gasteiger partial charge in [-0.15, -0.1) is 0 Å². The molecule has 1 aromatic carbocycles. The van der Waals surface area contributed by atoms with Crippen LogP contribution >= 0.6 is 0 Å². The Labute approximate surface area is 117 Å². The van der Waals surface area contributed by atoms with E-state index >= 15 is 0 Å². The molecule has 1 aliphatic rings. The fourth-order valence-electron chi connectivity index (χ4n) is 1.63. The van der Waals surface area contributed by atoms with Crippen molar-refractivity contribution in [2.45, 2.75) is 18.9 Å². The zero-order valence-corrected chi connectivity index (χ0v) is 12.0. The number of sulfonamides is 1. The molecule has 20 heavy (non-hydrogen) atoms. The Balaban J connectivity index is 2.25. The fourth-order valence-corrected chi connectivity index (χ4v) is 2.15. The summed E-state index contributed by atoms with van der Waals surface area (Å²) < 4.78 is 37.4. The van der Waals surface area contributed by atoms with E-state index in [1.54, 1.807) is 0 Å². The first-order valence-electron chi connectivity index (χ1n) is 6.08. The van der Waals surface area contributed by atoms with Crippen molar-refractivity contribution in [1.82, 2.24) is 5.32 Å². The molecule has 0 radical (unpaired) electrons. The first-order valence-corrected chi connectivity index (χ1v) is 7.93. The summed E-state index contributed by atoms with van der Waals surface area (Å²) in [6.45, 7) is 0. The molecule has 8 heteroatoms. The Bertz CT molecular complexity index is 629. The molecule has 0 bridgehead atoms. The van der Waals surface area contributed by atoms with Crippen LogP contribution in [0.4, 0.5) is 20.6 Å². The molecule has 1 saturated carbocycles. The van der Waals surface area contributed by atoms with Gasteiger partial charge >= 0.3 is 6.03 Å². The second-order valence-corrected chi connectivity index (χ2v) is 6.78. The van der Waals surface area contributed by atoms with Crippen molar-refractivity contribution in [3.05, 3.63) is 24.0 Å². The van der Waals surface area contributed by atoms with E-state index in [0.717, 1.165) is 35.5 Å². The van der Waals surface area contributed by atoms with Gasteiger partial charge in [0, 0.05) is 13.1 Å². The van der Waals surface area contributed by atoms with Crippen molar-refractivity contribution < 1.29 is 17.6 Å². The van der Waals surface area contributed by atoms with E-state index in [1.165, 1.54) is 13.1 Å². The lowest BCUT2D eigenvalue weighted by Crippen LogP contribution is -2.32. The molecular formula is C12H16FN3O3S. The number of rotatable bonds is 4. The van der Waals surface area contributed by atoms with Crippen molar-refractivity contribution >= 4 is 27.4 Å². The molecule has 1 aliphatic carbocycles. The third-order valence-electron chi connectivity index (χ3n) is 2.96. The van der Waals surface area contributed by atoms with Crippen molar-refractivity contribution in [2.24, 2.45) is 0 Å². The van der Waals surface area contributed by atoms with E-state index in [4.69, 9.17) is 0 Å². The number of carbonyl (C=O) groups is 1. The predicted octanol–water partition coefficient (Wildman–Crippen LogP) is 1.51. The molecule has 6 nitrogen and oxygen atoms in total. The molecule has 1 fully saturated rings. The number of halogens is 1. The molecule has 2 N–H and O–H groups in total. The monoisotopic (exact) mass is 301 g/mol. The number of urea groups is 1. The molecule has 2 rings (SSSR count). The summed E-state index contributed by atoms with van der Waals surface area (Å²) in [5.74, 6) is -0.558. The molecule has 0 unspecified atom stereocenters. The van der Waals surface area contributed by atoms with Gasteiger partial charge in [-0.05, 0) is 31.0 Å². The van der Waals surface area contributed by atoms with Crippen LogP contribution in [0.3, 0.4) is 0 Å². The van der Waals surface area contributed by atoms with E-state index < -0.39 is 21.9 Å². The topological polar surface area (TPSA) is 78.5 Å². The van der Waals surface area contributed by atoms with Crippen molar-refractivity contribution in [3.8, 4) is 0 Å². The van der Waals surface area contributed by atoms with Crippen molar-refractivity contribution in [1.29, 1.82) is 0 Å². The smallest absolute Gasteiger partial charge is 0.319 e. The number of carbonyl (C=O) groups excluding carboxylic acids is 1. The zero-order chi connectivity index (χ0) is 14.9. The Hall–Kier alpha value is -1.83. The predicted molar refractivity (Wildman–Crippen MR) is 74.8 cm³/mol. The van der Waals surface area contributed by atoms with Gasteiger partial charge in [-0.25, -0.2) is 17.6 Å². The Morgan fingerprint density at radius 3 is 2.60 bits per heavy atom. The summed E-state index contributed by atoms with van der Waals surface area (Å²) >= 11 is 0. The minimum atomic E-state index is -3.50. The number of amides is 2. The molecule has 0 spiro atoms. The average molecular weight is 301 g/mol. The lowest BCUT2D eigenvalue weighted by Gasteiger charge is -2.20. The van der Waals surface area contributed by atoms with E-state index in [9.17, 15) is 17.6 Å². The summed E-state index contributed by atoms with van der Waals surface area (Å²) in [5.41, 5.74) is 0.316. The highest BCUT2D eigenvalue weighted by Gasteiger charge is 2.24. The van der Waals surface area contributed by atoms with Gasteiger partial charge in [-0.1, -0.05) is 0 Å². The van der Waals surface area contributed by atoms with Crippen LogP contribution in [0, 0.1) is 5.82 Å². The van der Waals surface area contributed by atoms with Gasteiger partial charge in [-0.2, -0.15) is 0 Å². The third-order valence-corrected chi connectivity index (χ3v) is 4.15. The number of benzene rings is 1. The third kappa shape index (κ3) is 3.60. The minimum Gasteiger partial charge on any atom is -0.335 e. The highest BCUT2D eigenvalue weighted by atomic mass is 32.2. The first-order chi connectivity index (χ1) is 9.27. The maximum atomic E-state index is 13.3. The number of hydrogen-bond acceptors (Lipinski definition) is 3. The maximum absolute atomic E-state index is 13.3. The standard InChI is InChI=1S/C12H16FN3O3S/c1-16(20(2,18)19)11-6-3-8(13)7-10(11)15-12(17)14-9-4-5-9/h3,6-7,9H,4-5H2,1-2H3,(H2,14,15,17). The molecule has 0 aliphatic heterocycles. The highest BCUT2D eigenvalue weighted by Crippen LogP contribution is 2.28. The molecule has 0 atom stereocenters. The second kappa shape index (κ2) is 5.28. The van der Waals surface area contributed by atoms with Crippen LogP contribution < -0.4 is 14.9 Å². The summed E-state index contributed by atoms with van der Waals surface area (Å²) in [6, 6.07) is 3.22. The average Bonchev–Trinajstić information content (AvgIpc) is 3.11. The van der Waals surface area contributed by atoms with Crippen LogP contribution in [0.1, 0.15) is 12.8 Å². The van der Waals surface area contributed by atoms with Crippen molar-refractivity contribution in [3.63, 3.8) is 0 Å². The van der Waals surface area contributed by atoms with Crippen LogP contribution in [0.25, 0.3) is 0 Å². The number of anilines is 2. The van der Waals surface area contributed by atoms with Gasteiger partial charge in [0.25, 0.3) is 0 Å². The SMILES string of the molecule is CN(c1ccc(F)cc1NC(=O)NC1CC1)S(C)(=O)=O. The fraction of sp³-hybridized carbons (Fsp3) is 0.417. The van der Waals surface area contributed by atoms with Gasteiger partial charge in [0.15, 0.2) is 0 Å². The first kappa shape index (κ1) is 14.6. The molecule has 110 valence electrons. The largest absolute Gasteiger partial charge is 0.335 e. The van der Waals surface area contributed by atoms with Gasteiger partial charge in [0.2, 0.25) is 10.0 Å². The number of nitrogens with one attached hydrogen (secondary N) is 2. The summed E-state index contributed by atoms with van der Waals surface area (Å²) in [4.78, 5) is 11.7. The van der Waals surface area contributed by atoms with Gasteiger partial charge in [-0.3, -0.25) is 4.31 Å². The Kier molecular flexibility index (Phi) is 3.85. The molecular weight excluding hydrogens is 285 g/mol. The molecule has 0 saturated heterocycles. The highest BCUT2D eigenvalue weighted by molar-refractivity contribution is 7.92. The lowest BCUT2D eigenvalue weighted by atomic mass is 10.2. The summed E-state index contributed by atoms with van der Waals surface area (Å²) in [7, 11) is -2.16. The van der Waals surface area contributed by atoms with E-state index in [1.807, 2.05) is 0 Å². The zero-order valence-electron chi connectivity index (χ0n) is 11.2. The van der Waals surface area contributed by atoms with Crippen LogP contribution in [0.15, 0.2) is 18.2 Å². The van der Waals surface area contributed by atoms with E-state index in [-0.39, 0.29) is 17.4 Å². The molecule has 1 aromatic rings. The normalized spacial score (nSPS) is 14.8. The number of hydrogen-bond donors (Lipinski definition) is 2. The Morgan fingerprint density at radius 2 is 2.05 bits per heavy atom. The number of nitrogens with zero attached hydrogens (tertiary/aromatic N) is 1. The van der Waals surface area contributed by atoms with Gasteiger partial charge < -0.3 is 10.6 Å². The summed E-state index contributed by atoms with van der Waals surface area (Å²) in [6.07, 6.45) is 2.88. The Morgan fingerprint density at radius 1 is 1.40 bits per heavy atom. The van der Waals surface area contributed by atoms with Crippen LogP contribution in [0.5, 0.6) is 0 Å². The maximum Gasteiger partial charge on any atom is 0.319 e. The molecule has 0 aromatic heterocycles. The van der Waals surface area contributed by atoms with Gasteiger partial charge in [0.1, 0.15) is 5.82 Å². The van der Waals surface area contributed by atoms with Crippen molar-refractivity contribution in [2.75, 3.05) is 22.9 Å². The van der Waals surface area contributed by atoms with Crippen LogP contribution in [-0.4, -0.2) is 33.8 Å². The second-order valence-electron chi connectivity index (χ2n) is 4.76. The van der Waals surface area contributed by atoms with E-state index in [0.29, 0.717) is 0 Å². The van der Waals surface area contributed by atoms with Crippen LogP contribution in [-0.2, 0) is 10.0 Å². The lowest BCUT2D eigenvalue weighted by molar-refractivity contribution is 0.251. The minimum absolute atomic E-state index is 0.107.